The molecule has 0 amide bonds. The molecule has 19 heteroatoms. The Bertz CT molecular complexity index is 1960. The van der Waals surface area contributed by atoms with E-state index in [4.69, 9.17) is 37.0 Å². The van der Waals surface area contributed by atoms with Crippen molar-refractivity contribution in [2.75, 3.05) is 39.6 Å². The fourth-order valence-electron chi connectivity index (χ4n) is 12.7. The van der Waals surface area contributed by atoms with Crippen LogP contribution in [0, 0.1) is 17.8 Å². The first-order chi connectivity index (χ1) is 48.7. The first-order valence-corrected chi connectivity index (χ1v) is 45.3. The topological polar surface area (TPSA) is 237 Å². The molecule has 3 N–H and O–H groups in total. The van der Waals surface area contributed by atoms with E-state index in [0.29, 0.717) is 25.7 Å². The zero-order valence-corrected chi connectivity index (χ0v) is 68.2. The first kappa shape index (κ1) is 99.1. The van der Waals surface area contributed by atoms with Crippen LogP contribution in [0.2, 0.25) is 0 Å². The summed E-state index contributed by atoms with van der Waals surface area (Å²) in [6.45, 7) is 12.0. The van der Waals surface area contributed by atoms with Crippen molar-refractivity contribution in [2.24, 2.45) is 17.8 Å². The molecule has 0 aromatic carbocycles. The van der Waals surface area contributed by atoms with E-state index < -0.39 is 97.5 Å². The molecular formula is C82H160O17P2. The van der Waals surface area contributed by atoms with Gasteiger partial charge in [0.05, 0.1) is 26.4 Å². The molecule has 0 radical (unpaired) electrons. The predicted molar refractivity (Wildman–Crippen MR) is 414 cm³/mol. The van der Waals surface area contributed by atoms with Crippen molar-refractivity contribution >= 4 is 39.5 Å². The molecule has 17 nitrogen and oxygen atoms in total. The van der Waals surface area contributed by atoms with Gasteiger partial charge in [0.15, 0.2) is 12.2 Å². The molecule has 2 unspecified atom stereocenters. The molecule has 0 aromatic rings. The minimum Gasteiger partial charge on any atom is -0.462 e. The molecule has 0 heterocycles. The van der Waals surface area contributed by atoms with Crippen LogP contribution in [-0.2, 0) is 65.4 Å². The molecule has 0 aromatic heterocycles. The Labute approximate surface area is 619 Å². The Morgan fingerprint density at radius 2 is 0.455 bits per heavy atom. The van der Waals surface area contributed by atoms with Crippen LogP contribution >= 0.6 is 15.6 Å². The van der Waals surface area contributed by atoms with Crippen LogP contribution in [-0.4, -0.2) is 96.7 Å². The first-order valence-electron chi connectivity index (χ1n) is 42.3. The van der Waals surface area contributed by atoms with Crippen molar-refractivity contribution < 1.29 is 80.2 Å². The van der Waals surface area contributed by atoms with Crippen LogP contribution in [0.15, 0.2) is 0 Å². The number of carbonyl (C=O) groups excluding carboxylic acids is 4. The largest absolute Gasteiger partial charge is 0.472 e. The number of ether oxygens (including phenoxy) is 4. The van der Waals surface area contributed by atoms with Crippen LogP contribution in [0.1, 0.15) is 427 Å². The Morgan fingerprint density at radius 1 is 0.267 bits per heavy atom. The second kappa shape index (κ2) is 72.3. The van der Waals surface area contributed by atoms with E-state index in [2.05, 4.69) is 48.5 Å². The zero-order valence-electron chi connectivity index (χ0n) is 66.4. The molecule has 0 saturated carbocycles. The third-order valence-corrected chi connectivity index (χ3v) is 21.0. The van der Waals surface area contributed by atoms with E-state index >= 15 is 0 Å². The van der Waals surface area contributed by atoms with Crippen LogP contribution in [0.5, 0.6) is 0 Å². The number of rotatable bonds is 80. The Balaban J connectivity index is 5.26. The van der Waals surface area contributed by atoms with Gasteiger partial charge in [-0.3, -0.25) is 37.3 Å². The Morgan fingerprint density at radius 3 is 0.673 bits per heavy atom. The molecule has 5 atom stereocenters. The molecule has 0 aliphatic rings. The normalized spacial score (nSPS) is 14.0. The molecule has 0 saturated heterocycles. The lowest BCUT2D eigenvalue weighted by atomic mass is 10.0. The third-order valence-electron chi connectivity index (χ3n) is 19.1. The van der Waals surface area contributed by atoms with Gasteiger partial charge < -0.3 is 33.8 Å². The SMILES string of the molecule is CCCCCCCCCCCCCCCCCC(=O)O[C@H](COC(=O)CCCCCCCCCCC(C)C)COP(=O)(O)OC[C@H](O)COP(=O)(O)OC[C@@H](COC(=O)CCCCCCCCCCCCCCCCC(C)C)OC(=O)CCCCCCCCCCCCCCCCCC(C)C. The van der Waals surface area contributed by atoms with Crippen molar-refractivity contribution in [3.63, 3.8) is 0 Å². The standard InChI is InChI=1S/C82H160O17P2/c1-8-9-10-11-12-13-14-15-17-25-30-35-44-51-58-65-82(87)99-78(70-93-80(85)64-57-50-43-38-37-41-48-55-62-75(6)7)72-97-101(90,91)95-68-76(83)67-94-100(88,89)96-71-77(69-92-79(84)63-56-49-42-34-29-24-21-20-23-28-33-40-47-54-61-74(4)5)98-81(86)66-59-52-45-36-31-26-19-16-18-22-27-32-39-46-53-60-73(2)3/h73-78,83H,8-72H2,1-7H3,(H,88,89)(H,90,91)/t76-,77-,78-/m1/s1. The van der Waals surface area contributed by atoms with Crippen LogP contribution < -0.4 is 0 Å². The summed E-state index contributed by atoms with van der Waals surface area (Å²) in [5.74, 6) is 0.220. The van der Waals surface area contributed by atoms with Gasteiger partial charge in [0.25, 0.3) is 0 Å². The quantitative estimate of drug-likeness (QED) is 0.0222. The zero-order chi connectivity index (χ0) is 74.4. The summed E-state index contributed by atoms with van der Waals surface area (Å²) < 4.78 is 68.8. The molecule has 0 aliphatic heterocycles. The molecule has 0 aliphatic carbocycles. The number of phosphoric ester groups is 2. The van der Waals surface area contributed by atoms with Crippen molar-refractivity contribution in [3.05, 3.63) is 0 Å². The minimum atomic E-state index is -4.96. The fraction of sp³-hybridized carbons (Fsp3) is 0.951. The number of phosphoric acid groups is 2. The highest BCUT2D eigenvalue weighted by Gasteiger charge is 2.30. The molecule has 0 bridgehead atoms. The molecule has 0 fully saturated rings. The summed E-state index contributed by atoms with van der Waals surface area (Å²) in [5.41, 5.74) is 0. The summed E-state index contributed by atoms with van der Waals surface area (Å²) in [6.07, 6.45) is 61.0. The molecule has 0 spiro atoms. The third kappa shape index (κ3) is 76.1. The highest BCUT2D eigenvalue weighted by atomic mass is 31.2. The molecule has 101 heavy (non-hydrogen) atoms. The number of aliphatic hydroxyl groups is 1. The van der Waals surface area contributed by atoms with Crippen molar-refractivity contribution in [2.45, 2.75) is 446 Å². The van der Waals surface area contributed by atoms with E-state index in [9.17, 15) is 43.2 Å². The van der Waals surface area contributed by atoms with Gasteiger partial charge in [0, 0.05) is 25.7 Å². The number of hydrogen-bond acceptors (Lipinski definition) is 15. The maximum Gasteiger partial charge on any atom is 0.472 e. The maximum absolute atomic E-state index is 13.1. The van der Waals surface area contributed by atoms with Gasteiger partial charge in [0.1, 0.15) is 19.3 Å². The van der Waals surface area contributed by atoms with Crippen molar-refractivity contribution in [1.29, 1.82) is 0 Å². The molecular weight excluding hydrogens is 1320 g/mol. The van der Waals surface area contributed by atoms with Gasteiger partial charge in [-0.2, -0.15) is 0 Å². The summed E-state index contributed by atoms with van der Waals surface area (Å²) in [6, 6.07) is 0. The highest BCUT2D eigenvalue weighted by molar-refractivity contribution is 7.47. The van der Waals surface area contributed by atoms with Gasteiger partial charge in [-0.05, 0) is 43.4 Å². The monoisotopic (exact) mass is 1480 g/mol. The van der Waals surface area contributed by atoms with Crippen LogP contribution in [0.3, 0.4) is 0 Å². The lowest BCUT2D eigenvalue weighted by molar-refractivity contribution is -0.161. The number of aliphatic hydroxyl groups excluding tert-OH is 1. The summed E-state index contributed by atoms with van der Waals surface area (Å²) in [4.78, 5) is 73.1. The Kier molecular flexibility index (Phi) is 70.9. The number of esters is 4. The van der Waals surface area contributed by atoms with E-state index in [1.165, 1.54) is 238 Å². The Hall–Kier alpha value is -1.94. The summed E-state index contributed by atoms with van der Waals surface area (Å²) in [7, 11) is -9.92. The number of carbonyl (C=O) groups is 4. The lowest BCUT2D eigenvalue weighted by Crippen LogP contribution is -2.30. The van der Waals surface area contributed by atoms with Gasteiger partial charge >= 0.3 is 39.5 Å². The van der Waals surface area contributed by atoms with Gasteiger partial charge in [-0.15, -0.1) is 0 Å². The maximum atomic E-state index is 13.1. The summed E-state index contributed by atoms with van der Waals surface area (Å²) in [5, 5.41) is 10.7. The lowest BCUT2D eigenvalue weighted by Gasteiger charge is -2.21. The van der Waals surface area contributed by atoms with Crippen molar-refractivity contribution in [1.82, 2.24) is 0 Å². The van der Waals surface area contributed by atoms with Gasteiger partial charge in [-0.25, -0.2) is 9.13 Å². The van der Waals surface area contributed by atoms with E-state index in [1.807, 2.05) is 0 Å². The van der Waals surface area contributed by atoms with Crippen LogP contribution in [0.25, 0.3) is 0 Å². The second-order valence-electron chi connectivity index (χ2n) is 30.9. The highest BCUT2D eigenvalue weighted by Crippen LogP contribution is 2.45. The van der Waals surface area contributed by atoms with E-state index in [1.54, 1.807) is 0 Å². The van der Waals surface area contributed by atoms with E-state index in [0.717, 1.165) is 108 Å². The van der Waals surface area contributed by atoms with Gasteiger partial charge in [-0.1, -0.05) is 376 Å². The van der Waals surface area contributed by atoms with Crippen molar-refractivity contribution in [3.8, 4) is 0 Å². The number of hydrogen-bond donors (Lipinski definition) is 3. The predicted octanol–water partition coefficient (Wildman–Crippen LogP) is 24.5. The van der Waals surface area contributed by atoms with Gasteiger partial charge in [0.2, 0.25) is 0 Å². The molecule has 0 rings (SSSR count). The number of unbranched alkanes of at least 4 members (excludes halogenated alkanes) is 48. The van der Waals surface area contributed by atoms with E-state index in [-0.39, 0.29) is 25.7 Å². The average molecular weight is 1480 g/mol. The van der Waals surface area contributed by atoms with Crippen LogP contribution in [0.4, 0.5) is 0 Å². The fourth-order valence-corrected chi connectivity index (χ4v) is 14.2. The molecule has 600 valence electrons. The second-order valence-corrected chi connectivity index (χ2v) is 33.8. The average Bonchev–Trinajstić information content (AvgIpc) is 0.954. The smallest absolute Gasteiger partial charge is 0.462 e. The minimum absolute atomic E-state index is 0.108. The summed E-state index contributed by atoms with van der Waals surface area (Å²) >= 11 is 0.